The molecular formula is C36H24Cl2O2. The van der Waals surface area contributed by atoms with Crippen LogP contribution >= 0.6 is 23.2 Å². The highest BCUT2D eigenvalue weighted by atomic mass is 35.5. The van der Waals surface area contributed by atoms with Crippen molar-refractivity contribution in [1.82, 2.24) is 0 Å². The zero-order valence-corrected chi connectivity index (χ0v) is 22.9. The van der Waals surface area contributed by atoms with Crippen LogP contribution in [0.15, 0.2) is 133 Å². The summed E-state index contributed by atoms with van der Waals surface area (Å²) in [7, 11) is 0. The second-order valence-corrected chi connectivity index (χ2v) is 10.1. The summed E-state index contributed by atoms with van der Waals surface area (Å²) in [6.07, 6.45) is 0. The van der Waals surface area contributed by atoms with Crippen LogP contribution in [-0.2, 0) is 11.2 Å². The molecule has 0 saturated heterocycles. The van der Waals surface area contributed by atoms with Gasteiger partial charge < -0.3 is 10.2 Å². The van der Waals surface area contributed by atoms with Crippen molar-refractivity contribution in [2.45, 2.75) is 11.2 Å². The topological polar surface area (TPSA) is 40.5 Å². The summed E-state index contributed by atoms with van der Waals surface area (Å²) in [5.74, 6) is 12.3. The largest absolute Gasteiger partial charge is 0.369 e. The van der Waals surface area contributed by atoms with E-state index in [1.54, 1.807) is 48.5 Å². The summed E-state index contributed by atoms with van der Waals surface area (Å²) in [4.78, 5) is 0. The molecule has 0 radical (unpaired) electrons. The van der Waals surface area contributed by atoms with Crippen LogP contribution in [-0.4, -0.2) is 10.2 Å². The molecule has 0 bridgehead atoms. The average molecular weight is 559 g/mol. The van der Waals surface area contributed by atoms with E-state index in [0.717, 1.165) is 0 Å². The van der Waals surface area contributed by atoms with Crippen molar-refractivity contribution < 1.29 is 10.2 Å². The number of benzene rings is 5. The molecule has 0 heterocycles. The highest BCUT2D eigenvalue weighted by molar-refractivity contribution is 6.30. The van der Waals surface area contributed by atoms with Gasteiger partial charge in [0.15, 0.2) is 11.2 Å². The lowest BCUT2D eigenvalue weighted by Crippen LogP contribution is -2.25. The lowest BCUT2D eigenvalue weighted by atomic mass is 9.86. The molecule has 0 fully saturated rings. The van der Waals surface area contributed by atoms with Crippen LogP contribution in [0.25, 0.3) is 0 Å². The van der Waals surface area contributed by atoms with Gasteiger partial charge in [-0.25, -0.2) is 0 Å². The van der Waals surface area contributed by atoms with Crippen molar-refractivity contribution >= 4 is 23.2 Å². The third-order valence-electron chi connectivity index (χ3n) is 6.57. The minimum atomic E-state index is -1.52. The van der Waals surface area contributed by atoms with Crippen LogP contribution < -0.4 is 0 Å². The van der Waals surface area contributed by atoms with Gasteiger partial charge in [0.05, 0.1) is 0 Å². The zero-order chi connectivity index (χ0) is 28.0. The van der Waals surface area contributed by atoms with Crippen LogP contribution in [0.5, 0.6) is 0 Å². The summed E-state index contributed by atoms with van der Waals surface area (Å²) in [5, 5.41) is 24.6. The molecule has 4 heteroatoms. The van der Waals surface area contributed by atoms with Gasteiger partial charge in [-0.2, -0.15) is 0 Å². The second kappa shape index (κ2) is 11.8. The Kier molecular flexibility index (Phi) is 8.09. The third kappa shape index (κ3) is 5.98. The van der Waals surface area contributed by atoms with Crippen molar-refractivity contribution in [3.05, 3.63) is 177 Å². The highest BCUT2D eigenvalue weighted by Gasteiger charge is 2.30. The van der Waals surface area contributed by atoms with E-state index >= 15 is 0 Å². The van der Waals surface area contributed by atoms with Crippen LogP contribution in [0.2, 0.25) is 10.0 Å². The van der Waals surface area contributed by atoms with E-state index in [4.69, 9.17) is 23.2 Å². The number of halogens is 2. The fourth-order valence-electron chi connectivity index (χ4n) is 4.33. The molecule has 0 aliphatic rings. The molecule has 0 amide bonds. The Morgan fingerprint density at radius 2 is 0.700 bits per heavy atom. The number of aliphatic hydroxyl groups is 2. The van der Waals surface area contributed by atoms with Gasteiger partial charge >= 0.3 is 0 Å². The minimum Gasteiger partial charge on any atom is -0.369 e. The van der Waals surface area contributed by atoms with Gasteiger partial charge in [0.25, 0.3) is 0 Å². The molecule has 0 aliphatic heterocycles. The first-order chi connectivity index (χ1) is 19.4. The predicted molar refractivity (Wildman–Crippen MR) is 162 cm³/mol. The van der Waals surface area contributed by atoms with E-state index in [9.17, 15) is 10.2 Å². The standard InChI is InChI=1S/C36H24Cl2O2/c37-33-19-15-31(16-20-33)35(39,29-7-3-1-4-8-29)25-23-27-11-13-28(14-12-27)24-26-36(40,30-9-5-2-6-10-30)32-17-21-34(38)22-18-32/h1-22,39-40H. The van der Waals surface area contributed by atoms with Crippen LogP contribution in [0.1, 0.15) is 33.4 Å². The van der Waals surface area contributed by atoms with E-state index in [1.807, 2.05) is 84.9 Å². The van der Waals surface area contributed by atoms with Crippen molar-refractivity contribution in [3.63, 3.8) is 0 Å². The summed E-state index contributed by atoms with van der Waals surface area (Å²) in [6.45, 7) is 0. The molecule has 0 aromatic heterocycles. The van der Waals surface area contributed by atoms with Crippen LogP contribution in [0, 0.1) is 23.7 Å². The van der Waals surface area contributed by atoms with Gasteiger partial charge in [0, 0.05) is 43.4 Å². The summed E-state index contributed by atoms with van der Waals surface area (Å²) in [5.41, 5.74) is 0.963. The Balaban J connectivity index is 1.47. The molecule has 0 spiro atoms. The molecule has 5 rings (SSSR count). The average Bonchev–Trinajstić information content (AvgIpc) is 3.01. The first kappa shape index (κ1) is 27.3. The quantitative estimate of drug-likeness (QED) is 0.223. The fraction of sp³-hybridized carbons (Fsp3) is 0.0556. The maximum atomic E-state index is 11.7. The molecule has 2 unspecified atom stereocenters. The van der Waals surface area contributed by atoms with Gasteiger partial charge in [0.1, 0.15) is 0 Å². The van der Waals surface area contributed by atoms with E-state index < -0.39 is 11.2 Å². The Morgan fingerprint density at radius 1 is 0.400 bits per heavy atom. The van der Waals surface area contributed by atoms with Gasteiger partial charge in [-0.15, -0.1) is 0 Å². The molecule has 2 nitrogen and oxygen atoms in total. The molecule has 194 valence electrons. The van der Waals surface area contributed by atoms with E-state index in [2.05, 4.69) is 23.7 Å². The third-order valence-corrected chi connectivity index (χ3v) is 7.07. The number of hydrogen-bond donors (Lipinski definition) is 2. The lowest BCUT2D eigenvalue weighted by Gasteiger charge is -2.23. The van der Waals surface area contributed by atoms with Crippen molar-refractivity contribution in [2.75, 3.05) is 0 Å². The molecule has 40 heavy (non-hydrogen) atoms. The Labute approximate surface area is 244 Å². The number of rotatable bonds is 4. The minimum absolute atomic E-state index is 0.582. The molecule has 2 atom stereocenters. The van der Waals surface area contributed by atoms with Gasteiger partial charge in [-0.05, 0) is 48.5 Å². The lowest BCUT2D eigenvalue weighted by molar-refractivity contribution is 0.145. The smallest absolute Gasteiger partial charge is 0.177 e. The van der Waals surface area contributed by atoms with Gasteiger partial charge in [-0.1, -0.05) is 132 Å². The summed E-state index contributed by atoms with van der Waals surface area (Å²) in [6, 6.07) is 40.0. The van der Waals surface area contributed by atoms with Crippen LogP contribution in [0.3, 0.4) is 0 Å². The normalized spacial score (nSPS) is 13.5. The summed E-state index contributed by atoms with van der Waals surface area (Å²) >= 11 is 12.2. The second-order valence-electron chi connectivity index (χ2n) is 9.24. The van der Waals surface area contributed by atoms with E-state index in [1.165, 1.54) is 0 Å². The molecule has 5 aromatic rings. The Bertz CT molecular complexity index is 1580. The molecule has 2 N–H and O–H groups in total. The molecule has 5 aromatic carbocycles. The maximum Gasteiger partial charge on any atom is 0.177 e. The van der Waals surface area contributed by atoms with Crippen LogP contribution in [0.4, 0.5) is 0 Å². The number of hydrogen-bond acceptors (Lipinski definition) is 2. The monoisotopic (exact) mass is 558 g/mol. The zero-order valence-electron chi connectivity index (χ0n) is 21.4. The van der Waals surface area contributed by atoms with Gasteiger partial charge in [-0.3, -0.25) is 0 Å². The maximum absolute atomic E-state index is 11.7. The predicted octanol–water partition coefficient (Wildman–Crippen LogP) is 7.57. The van der Waals surface area contributed by atoms with Gasteiger partial charge in [0.2, 0.25) is 0 Å². The van der Waals surface area contributed by atoms with Crippen molar-refractivity contribution in [3.8, 4) is 23.7 Å². The Morgan fingerprint density at radius 3 is 1.02 bits per heavy atom. The fourth-order valence-corrected chi connectivity index (χ4v) is 4.58. The van der Waals surface area contributed by atoms with Crippen molar-refractivity contribution in [1.29, 1.82) is 0 Å². The molecule has 0 aliphatic carbocycles. The first-order valence-electron chi connectivity index (χ1n) is 12.6. The summed E-state index contributed by atoms with van der Waals surface area (Å²) < 4.78 is 0. The highest BCUT2D eigenvalue weighted by Crippen LogP contribution is 2.31. The SMILES string of the molecule is OC(C#Cc1ccc(C#CC(O)(c2ccccc2)c2ccc(Cl)cc2)cc1)(c1ccccc1)c1ccc(Cl)cc1. The van der Waals surface area contributed by atoms with Crippen molar-refractivity contribution in [2.24, 2.45) is 0 Å². The Hall–Kier alpha value is -4.28. The molecular weight excluding hydrogens is 535 g/mol. The van der Waals surface area contributed by atoms with E-state index in [0.29, 0.717) is 43.4 Å². The molecule has 0 saturated carbocycles. The van der Waals surface area contributed by atoms with E-state index in [-0.39, 0.29) is 0 Å². The first-order valence-corrected chi connectivity index (χ1v) is 13.4.